The SMILES string of the molecule is Cc1ccc(C(C#N)CNC(=O)OC(C)(C)C)cc1. The second-order valence-corrected chi connectivity index (χ2v) is 5.48. The lowest BCUT2D eigenvalue weighted by Gasteiger charge is -2.20. The van der Waals surface area contributed by atoms with Crippen molar-refractivity contribution in [2.75, 3.05) is 6.54 Å². The van der Waals surface area contributed by atoms with Gasteiger partial charge in [0.2, 0.25) is 0 Å². The molecular formula is C15H20N2O2. The number of hydrogen-bond acceptors (Lipinski definition) is 3. The van der Waals surface area contributed by atoms with Gasteiger partial charge in [0.05, 0.1) is 12.0 Å². The fourth-order valence-corrected chi connectivity index (χ4v) is 1.54. The molecule has 0 saturated carbocycles. The van der Waals surface area contributed by atoms with Crippen molar-refractivity contribution in [1.29, 1.82) is 5.26 Å². The monoisotopic (exact) mass is 260 g/mol. The number of ether oxygens (including phenoxy) is 1. The molecule has 0 aromatic heterocycles. The van der Waals surface area contributed by atoms with Crippen molar-refractivity contribution in [1.82, 2.24) is 5.32 Å². The normalized spacial score (nSPS) is 12.4. The van der Waals surface area contributed by atoms with E-state index in [-0.39, 0.29) is 12.5 Å². The molecule has 0 spiro atoms. The fourth-order valence-electron chi connectivity index (χ4n) is 1.54. The Morgan fingerprint density at radius 1 is 1.37 bits per heavy atom. The van der Waals surface area contributed by atoms with Crippen LogP contribution in [0.2, 0.25) is 0 Å². The molecule has 0 saturated heterocycles. The Balaban J connectivity index is 2.57. The van der Waals surface area contributed by atoms with Crippen LogP contribution in [-0.4, -0.2) is 18.2 Å². The Labute approximate surface area is 114 Å². The number of benzene rings is 1. The highest BCUT2D eigenvalue weighted by Crippen LogP contribution is 2.15. The number of carbonyl (C=O) groups is 1. The highest BCUT2D eigenvalue weighted by molar-refractivity contribution is 5.67. The number of alkyl carbamates (subject to hydrolysis) is 1. The van der Waals surface area contributed by atoms with E-state index < -0.39 is 11.7 Å². The van der Waals surface area contributed by atoms with E-state index >= 15 is 0 Å². The number of nitrogens with one attached hydrogen (secondary N) is 1. The summed E-state index contributed by atoms with van der Waals surface area (Å²) in [5.74, 6) is -0.367. The van der Waals surface area contributed by atoms with Crippen molar-refractivity contribution < 1.29 is 9.53 Å². The van der Waals surface area contributed by atoms with Gasteiger partial charge in [-0.25, -0.2) is 4.79 Å². The molecule has 0 aliphatic carbocycles. The molecule has 0 bridgehead atoms. The van der Waals surface area contributed by atoms with Crippen molar-refractivity contribution in [3.8, 4) is 6.07 Å². The lowest BCUT2D eigenvalue weighted by molar-refractivity contribution is 0.0527. The summed E-state index contributed by atoms with van der Waals surface area (Å²) in [7, 11) is 0. The number of rotatable bonds is 3. The zero-order chi connectivity index (χ0) is 14.5. The first-order valence-electron chi connectivity index (χ1n) is 6.25. The number of carbonyl (C=O) groups excluding carboxylic acids is 1. The molecule has 0 aliphatic heterocycles. The van der Waals surface area contributed by atoms with Crippen LogP contribution in [-0.2, 0) is 4.74 Å². The smallest absolute Gasteiger partial charge is 0.407 e. The maximum absolute atomic E-state index is 11.5. The van der Waals surface area contributed by atoms with Crippen LogP contribution >= 0.6 is 0 Å². The lowest BCUT2D eigenvalue weighted by atomic mass is 10.00. The Kier molecular flexibility index (Phi) is 4.94. The molecule has 1 atom stereocenters. The molecule has 0 heterocycles. The van der Waals surface area contributed by atoms with E-state index in [0.717, 1.165) is 11.1 Å². The molecule has 1 unspecified atom stereocenters. The van der Waals surface area contributed by atoms with Crippen molar-refractivity contribution in [3.05, 3.63) is 35.4 Å². The van der Waals surface area contributed by atoms with E-state index in [4.69, 9.17) is 10.00 Å². The molecule has 1 aromatic rings. The molecule has 19 heavy (non-hydrogen) atoms. The maximum atomic E-state index is 11.5. The zero-order valence-electron chi connectivity index (χ0n) is 11.9. The predicted molar refractivity (Wildman–Crippen MR) is 73.8 cm³/mol. The van der Waals surface area contributed by atoms with E-state index in [0.29, 0.717) is 0 Å². The minimum absolute atomic E-state index is 0.245. The highest BCUT2D eigenvalue weighted by atomic mass is 16.6. The van der Waals surface area contributed by atoms with E-state index in [1.807, 2.05) is 31.2 Å². The molecule has 0 radical (unpaired) electrons. The Morgan fingerprint density at radius 2 is 1.95 bits per heavy atom. The van der Waals surface area contributed by atoms with Gasteiger partial charge in [0, 0.05) is 6.54 Å². The van der Waals surface area contributed by atoms with Crippen LogP contribution < -0.4 is 5.32 Å². The fraction of sp³-hybridized carbons (Fsp3) is 0.467. The molecular weight excluding hydrogens is 240 g/mol. The van der Waals surface area contributed by atoms with Gasteiger partial charge < -0.3 is 10.1 Å². The number of amides is 1. The van der Waals surface area contributed by atoms with Crippen molar-refractivity contribution in [3.63, 3.8) is 0 Å². The van der Waals surface area contributed by atoms with Crippen molar-refractivity contribution >= 4 is 6.09 Å². The summed E-state index contributed by atoms with van der Waals surface area (Å²) in [5.41, 5.74) is 1.50. The van der Waals surface area contributed by atoms with Gasteiger partial charge in [-0.15, -0.1) is 0 Å². The first kappa shape index (κ1) is 15.0. The topological polar surface area (TPSA) is 62.1 Å². The minimum atomic E-state index is -0.532. The third kappa shape index (κ3) is 5.43. The third-order valence-corrected chi connectivity index (χ3v) is 2.48. The van der Waals surface area contributed by atoms with E-state index in [1.54, 1.807) is 20.8 Å². The van der Waals surface area contributed by atoms with Crippen LogP contribution in [0.15, 0.2) is 24.3 Å². The molecule has 4 nitrogen and oxygen atoms in total. The van der Waals surface area contributed by atoms with Crippen LogP contribution in [0.5, 0.6) is 0 Å². The predicted octanol–water partition coefficient (Wildman–Crippen LogP) is 3.13. The Morgan fingerprint density at radius 3 is 2.42 bits per heavy atom. The van der Waals surface area contributed by atoms with Crippen molar-refractivity contribution in [2.24, 2.45) is 0 Å². The quantitative estimate of drug-likeness (QED) is 0.908. The van der Waals surface area contributed by atoms with E-state index in [9.17, 15) is 4.79 Å². The number of hydrogen-bond donors (Lipinski definition) is 1. The summed E-state index contributed by atoms with van der Waals surface area (Å²) < 4.78 is 5.13. The molecule has 1 amide bonds. The summed E-state index contributed by atoms with van der Waals surface area (Å²) in [4.78, 5) is 11.5. The third-order valence-electron chi connectivity index (χ3n) is 2.48. The standard InChI is InChI=1S/C15H20N2O2/c1-11-5-7-12(8-6-11)13(9-16)10-17-14(18)19-15(2,3)4/h5-8,13H,10H2,1-4H3,(H,17,18). The average molecular weight is 260 g/mol. The largest absolute Gasteiger partial charge is 0.444 e. The molecule has 1 rings (SSSR count). The minimum Gasteiger partial charge on any atom is -0.444 e. The second kappa shape index (κ2) is 6.24. The van der Waals surface area contributed by atoms with E-state index in [1.165, 1.54) is 0 Å². The van der Waals surface area contributed by atoms with Crippen LogP contribution in [0.25, 0.3) is 0 Å². The van der Waals surface area contributed by atoms with Gasteiger partial charge in [0.15, 0.2) is 0 Å². The van der Waals surface area contributed by atoms with Gasteiger partial charge >= 0.3 is 6.09 Å². The van der Waals surface area contributed by atoms with Gasteiger partial charge in [-0.1, -0.05) is 29.8 Å². The molecule has 1 aromatic carbocycles. The van der Waals surface area contributed by atoms with Gasteiger partial charge in [0.1, 0.15) is 5.60 Å². The first-order valence-corrected chi connectivity index (χ1v) is 6.25. The molecule has 4 heteroatoms. The summed E-state index contributed by atoms with van der Waals surface area (Å²) in [6, 6.07) is 9.89. The Hall–Kier alpha value is -2.02. The van der Waals surface area contributed by atoms with Gasteiger partial charge in [0.25, 0.3) is 0 Å². The summed E-state index contributed by atoms with van der Waals surface area (Å²) in [6.45, 7) is 7.63. The van der Waals surface area contributed by atoms with Gasteiger partial charge in [-0.2, -0.15) is 5.26 Å². The maximum Gasteiger partial charge on any atom is 0.407 e. The lowest BCUT2D eigenvalue weighted by Crippen LogP contribution is -2.34. The Bertz CT molecular complexity index is 466. The first-order chi connectivity index (χ1) is 8.81. The number of aryl methyl sites for hydroxylation is 1. The number of nitrogens with zero attached hydrogens (tertiary/aromatic N) is 1. The average Bonchev–Trinajstić information content (AvgIpc) is 2.29. The summed E-state index contributed by atoms with van der Waals surface area (Å²) in [5, 5.41) is 11.8. The van der Waals surface area contributed by atoms with Gasteiger partial charge in [-0.3, -0.25) is 0 Å². The highest BCUT2D eigenvalue weighted by Gasteiger charge is 2.18. The van der Waals surface area contributed by atoms with Gasteiger partial charge in [-0.05, 0) is 33.3 Å². The number of nitriles is 1. The second-order valence-electron chi connectivity index (χ2n) is 5.48. The van der Waals surface area contributed by atoms with Crippen LogP contribution in [0.1, 0.15) is 37.8 Å². The summed E-state index contributed by atoms with van der Waals surface area (Å²) >= 11 is 0. The van der Waals surface area contributed by atoms with E-state index in [2.05, 4.69) is 11.4 Å². The van der Waals surface area contributed by atoms with Crippen LogP contribution in [0, 0.1) is 18.3 Å². The zero-order valence-corrected chi connectivity index (χ0v) is 11.9. The molecule has 102 valence electrons. The molecule has 0 fully saturated rings. The summed E-state index contributed by atoms with van der Waals surface area (Å²) in [6.07, 6.45) is -0.500. The van der Waals surface area contributed by atoms with Crippen molar-refractivity contribution in [2.45, 2.75) is 39.2 Å². The van der Waals surface area contributed by atoms with Crippen LogP contribution in [0.4, 0.5) is 4.79 Å². The molecule has 0 aliphatic rings. The van der Waals surface area contributed by atoms with Crippen LogP contribution in [0.3, 0.4) is 0 Å². The molecule has 1 N–H and O–H groups in total.